The minimum absolute atomic E-state index is 0.154. The number of amides is 1. The molecule has 0 unspecified atom stereocenters. The van der Waals surface area contributed by atoms with Gasteiger partial charge in [0, 0.05) is 12.1 Å². The van der Waals surface area contributed by atoms with Crippen LogP contribution in [-0.4, -0.2) is 24.2 Å². The van der Waals surface area contributed by atoms with Crippen LogP contribution in [0.1, 0.15) is 25.5 Å². The third-order valence-electron chi connectivity index (χ3n) is 2.15. The molecule has 0 heterocycles. The number of nitrogens with one attached hydrogen (secondary N) is 1. The molecule has 0 aromatic heterocycles. The van der Waals surface area contributed by atoms with Gasteiger partial charge in [0.15, 0.2) is 6.61 Å². The highest BCUT2D eigenvalue weighted by molar-refractivity contribution is 5.77. The second-order valence-corrected chi connectivity index (χ2v) is 3.60. The number of carbonyl (C=O) groups excluding carboxylic acids is 1. The van der Waals surface area contributed by atoms with Crippen molar-refractivity contribution >= 4 is 5.91 Å². The summed E-state index contributed by atoms with van der Waals surface area (Å²) in [5, 5.41) is 12.0. The van der Waals surface area contributed by atoms with Crippen molar-refractivity contribution in [2.24, 2.45) is 0 Å². The Kier molecular flexibility index (Phi) is 4.90. The first-order chi connectivity index (χ1) is 8.04. The molecule has 94 valence electrons. The molecule has 2 N–H and O–H groups in total. The van der Waals surface area contributed by atoms with Gasteiger partial charge >= 0.3 is 0 Å². The predicted molar refractivity (Wildman–Crippen MR) is 61.2 cm³/mol. The fourth-order valence-electron chi connectivity index (χ4n) is 1.37. The molecule has 1 atom stereocenters. The topological polar surface area (TPSA) is 58.6 Å². The second kappa shape index (κ2) is 6.20. The number of aliphatic hydroxyl groups is 1. The zero-order valence-corrected chi connectivity index (χ0v) is 9.87. The third kappa shape index (κ3) is 4.03. The van der Waals surface area contributed by atoms with Crippen LogP contribution < -0.4 is 10.1 Å². The van der Waals surface area contributed by atoms with Crippen molar-refractivity contribution in [3.05, 3.63) is 29.6 Å². The first-order valence-electron chi connectivity index (χ1n) is 5.41. The lowest BCUT2D eigenvalue weighted by molar-refractivity contribution is -0.123. The van der Waals surface area contributed by atoms with Crippen LogP contribution >= 0.6 is 0 Å². The fraction of sp³-hybridized carbons (Fsp3) is 0.417. The van der Waals surface area contributed by atoms with Crippen LogP contribution in [-0.2, 0) is 4.79 Å². The average molecular weight is 241 g/mol. The monoisotopic (exact) mass is 241 g/mol. The minimum Gasteiger partial charge on any atom is -0.483 e. The van der Waals surface area contributed by atoms with E-state index in [0.29, 0.717) is 17.9 Å². The largest absolute Gasteiger partial charge is 0.483 e. The summed E-state index contributed by atoms with van der Waals surface area (Å²) in [6, 6.07) is 3.81. The van der Waals surface area contributed by atoms with Crippen molar-refractivity contribution in [3.63, 3.8) is 0 Å². The molecule has 1 aromatic carbocycles. The van der Waals surface area contributed by atoms with E-state index in [0.717, 1.165) is 0 Å². The Morgan fingerprint density at radius 1 is 1.59 bits per heavy atom. The molecule has 0 saturated heterocycles. The predicted octanol–water partition coefficient (Wildman–Crippen LogP) is 1.39. The van der Waals surface area contributed by atoms with Gasteiger partial charge in [-0.3, -0.25) is 4.79 Å². The van der Waals surface area contributed by atoms with E-state index in [1.807, 2.05) is 0 Å². The summed E-state index contributed by atoms with van der Waals surface area (Å²) >= 11 is 0. The van der Waals surface area contributed by atoms with E-state index in [1.54, 1.807) is 6.92 Å². The molecule has 0 aliphatic carbocycles. The van der Waals surface area contributed by atoms with Gasteiger partial charge in [0.25, 0.3) is 5.91 Å². The lowest BCUT2D eigenvalue weighted by atomic mass is 10.1. The van der Waals surface area contributed by atoms with E-state index in [4.69, 9.17) is 4.74 Å². The van der Waals surface area contributed by atoms with Crippen molar-refractivity contribution in [2.45, 2.75) is 20.0 Å². The maximum absolute atomic E-state index is 13.0. The van der Waals surface area contributed by atoms with Crippen molar-refractivity contribution in [2.75, 3.05) is 13.2 Å². The molecule has 0 bridgehead atoms. The molecule has 4 nitrogen and oxygen atoms in total. The number of carbonyl (C=O) groups is 1. The molecule has 1 aromatic rings. The molecule has 0 spiro atoms. The Morgan fingerprint density at radius 2 is 2.29 bits per heavy atom. The molecule has 17 heavy (non-hydrogen) atoms. The first-order valence-corrected chi connectivity index (χ1v) is 5.41. The highest BCUT2D eigenvalue weighted by atomic mass is 19.1. The van der Waals surface area contributed by atoms with Gasteiger partial charge in [-0.05, 0) is 32.0 Å². The quantitative estimate of drug-likeness (QED) is 0.819. The van der Waals surface area contributed by atoms with Gasteiger partial charge < -0.3 is 15.2 Å². The molecular formula is C12H16FNO3. The Labute approximate surface area is 99.4 Å². The molecule has 5 heteroatoms. The maximum atomic E-state index is 13.0. The van der Waals surface area contributed by atoms with Gasteiger partial charge in [-0.1, -0.05) is 0 Å². The highest BCUT2D eigenvalue weighted by Crippen LogP contribution is 2.25. The summed E-state index contributed by atoms with van der Waals surface area (Å²) in [6.45, 7) is 3.68. The van der Waals surface area contributed by atoms with E-state index in [-0.39, 0.29) is 12.5 Å². The number of aliphatic hydroxyl groups excluding tert-OH is 1. The van der Waals surface area contributed by atoms with Crippen LogP contribution in [0.4, 0.5) is 4.39 Å². The first kappa shape index (κ1) is 13.4. The number of benzene rings is 1. The van der Waals surface area contributed by atoms with E-state index < -0.39 is 11.9 Å². The second-order valence-electron chi connectivity index (χ2n) is 3.60. The molecule has 1 rings (SSSR count). The number of hydrogen-bond donors (Lipinski definition) is 2. The summed E-state index contributed by atoms with van der Waals surface area (Å²) < 4.78 is 18.2. The zero-order chi connectivity index (χ0) is 12.8. The molecule has 0 fully saturated rings. The van der Waals surface area contributed by atoms with Crippen molar-refractivity contribution in [3.8, 4) is 5.75 Å². The summed E-state index contributed by atoms with van der Waals surface area (Å²) in [7, 11) is 0. The van der Waals surface area contributed by atoms with Crippen molar-refractivity contribution in [1.82, 2.24) is 5.32 Å². The van der Waals surface area contributed by atoms with Gasteiger partial charge in [-0.25, -0.2) is 4.39 Å². The normalized spacial score (nSPS) is 12.0. The Hall–Kier alpha value is -1.62. The number of likely N-dealkylation sites (N-methyl/N-ethyl adjacent to an activating group) is 1. The standard InChI is InChI=1S/C12H16FNO3/c1-3-14-12(16)7-17-11-5-4-9(13)6-10(11)8(2)15/h4-6,8,15H,3,7H2,1-2H3,(H,14,16)/t8-/m1/s1. The average Bonchev–Trinajstić information content (AvgIpc) is 2.27. The number of rotatable bonds is 5. The molecule has 0 saturated carbocycles. The Balaban J connectivity index is 2.73. The summed E-state index contributed by atoms with van der Waals surface area (Å²) in [4.78, 5) is 11.2. The van der Waals surface area contributed by atoms with Crippen LogP contribution in [0.15, 0.2) is 18.2 Å². The Morgan fingerprint density at radius 3 is 2.88 bits per heavy atom. The SMILES string of the molecule is CCNC(=O)COc1ccc(F)cc1[C@@H](C)O. The number of halogens is 1. The van der Waals surface area contributed by atoms with Crippen LogP contribution in [0.5, 0.6) is 5.75 Å². The highest BCUT2D eigenvalue weighted by Gasteiger charge is 2.11. The van der Waals surface area contributed by atoms with Crippen molar-refractivity contribution in [1.29, 1.82) is 0 Å². The molecule has 0 aliphatic rings. The number of hydrogen-bond acceptors (Lipinski definition) is 3. The molecule has 0 aliphatic heterocycles. The lowest BCUT2D eigenvalue weighted by Crippen LogP contribution is -2.28. The fourth-order valence-corrected chi connectivity index (χ4v) is 1.37. The smallest absolute Gasteiger partial charge is 0.257 e. The third-order valence-corrected chi connectivity index (χ3v) is 2.15. The summed E-state index contributed by atoms with van der Waals surface area (Å²) in [5.41, 5.74) is 0.328. The Bertz CT molecular complexity index is 393. The van der Waals surface area contributed by atoms with E-state index in [9.17, 15) is 14.3 Å². The van der Waals surface area contributed by atoms with Crippen LogP contribution in [0.2, 0.25) is 0 Å². The molecular weight excluding hydrogens is 225 g/mol. The molecule has 0 radical (unpaired) electrons. The van der Waals surface area contributed by atoms with Gasteiger partial charge in [0.05, 0.1) is 6.10 Å². The maximum Gasteiger partial charge on any atom is 0.257 e. The lowest BCUT2D eigenvalue weighted by Gasteiger charge is -2.13. The van der Waals surface area contributed by atoms with E-state index in [2.05, 4.69) is 5.32 Å². The summed E-state index contributed by atoms with van der Waals surface area (Å²) in [5.74, 6) is -0.396. The van der Waals surface area contributed by atoms with Crippen LogP contribution in [0.3, 0.4) is 0 Å². The van der Waals surface area contributed by atoms with E-state index >= 15 is 0 Å². The number of ether oxygens (including phenoxy) is 1. The van der Waals surface area contributed by atoms with Gasteiger partial charge in [-0.2, -0.15) is 0 Å². The van der Waals surface area contributed by atoms with Crippen LogP contribution in [0.25, 0.3) is 0 Å². The van der Waals surface area contributed by atoms with Gasteiger partial charge in [-0.15, -0.1) is 0 Å². The van der Waals surface area contributed by atoms with Gasteiger partial charge in [0.1, 0.15) is 11.6 Å². The van der Waals surface area contributed by atoms with Gasteiger partial charge in [0.2, 0.25) is 0 Å². The zero-order valence-electron chi connectivity index (χ0n) is 9.87. The summed E-state index contributed by atoms with van der Waals surface area (Å²) in [6.07, 6.45) is -0.852. The van der Waals surface area contributed by atoms with E-state index in [1.165, 1.54) is 25.1 Å². The molecule has 1 amide bonds. The minimum atomic E-state index is -0.852. The van der Waals surface area contributed by atoms with Crippen molar-refractivity contribution < 1.29 is 19.0 Å². The van der Waals surface area contributed by atoms with Crippen LogP contribution in [0, 0.1) is 5.82 Å².